The molecule has 0 aliphatic carbocycles. The maximum atomic E-state index is 13.9. The Morgan fingerprint density at radius 1 is 1.03 bits per heavy atom. The normalized spacial score (nSPS) is 31.5. The second-order valence-corrected chi connectivity index (χ2v) is 12.0. The number of hydroxylamine groups is 1. The van der Waals surface area contributed by atoms with Crippen molar-refractivity contribution in [3.63, 3.8) is 0 Å². The molecule has 4 fully saturated rings. The van der Waals surface area contributed by atoms with Crippen LogP contribution in [0.2, 0.25) is 0 Å². The summed E-state index contributed by atoms with van der Waals surface area (Å²) in [4.78, 5) is 5.65. The summed E-state index contributed by atoms with van der Waals surface area (Å²) in [5.74, 6) is 0. The Hall–Kier alpha value is -0.330. The van der Waals surface area contributed by atoms with Crippen LogP contribution in [0.1, 0.15) is 77.6 Å². The Kier molecular flexibility index (Phi) is 9.42. The zero-order valence-corrected chi connectivity index (χ0v) is 20.9. The van der Waals surface area contributed by atoms with Gasteiger partial charge >= 0.3 is 0 Å². The number of epoxide rings is 1. The second kappa shape index (κ2) is 12.1. The fourth-order valence-electron chi connectivity index (χ4n) is 5.23. The molecule has 0 aromatic heterocycles. The quantitative estimate of drug-likeness (QED) is 0.253. The molecule has 0 amide bonds. The largest absolute Gasteiger partial charge is 0.381 e. The van der Waals surface area contributed by atoms with Crippen molar-refractivity contribution in [3.8, 4) is 0 Å². The number of ether oxygens (including phenoxy) is 4. The molecule has 0 bridgehead atoms. The highest BCUT2D eigenvalue weighted by molar-refractivity contribution is 7.90. The molecule has 4 aliphatic rings. The average molecular weight is 491 g/mol. The van der Waals surface area contributed by atoms with Gasteiger partial charge in [-0.15, -0.1) is 0 Å². The summed E-state index contributed by atoms with van der Waals surface area (Å²) in [6.07, 6.45) is 9.01. The van der Waals surface area contributed by atoms with Gasteiger partial charge in [-0.3, -0.25) is 4.84 Å². The minimum Gasteiger partial charge on any atom is -0.381 e. The molecule has 0 aromatic carbocycles. The first-order valence-corrected chi connectivity index (χ1v) is 14.4. The lowest BCUT2D eigenvalue weighted by molar-refractivity contribution is -0.202. The SMILES string of the molecule is CCCCCCOC1CCN(S(=O)(=O)C2(C3OC3NOC3CCCCO3)CCOCC2)CC1. The molecule has 10 heteroatoms. The van der Waals surface area contributed by atoms with Crippen molar-refractivity contribution in [3.05, 3.63) is 0 Å². The predicted octanol–water partition coefficient (Wildman–Crippen LogP) is 2.70. The van der Waals surface area contributed by atoms with Gasteiger partial charge in [-0.25, -0.2) is 12.7 Å². The number of nitrogens with one attached hydrogen (secondary N) is 1. The highest BCUT2D eigenvalue weighted by Crippen LogP contribution is 2.45. The molecule has 3 unspecified atom stereocenters. The van der Waals surface area contributed by atoms with E-state index in [2.05, 4.69) is 12.4 Å². The monoisotopic (exact) mass is 490 g/mol. The zero-order chi connectivity index (χ0) is 23.2. The molecule has 0 aromatic rings. The van der Waals surface area contributed by atoms with E-state index in [4.69, 9.17) is 23.8 Å². The molecule has 0 radical (unpaired) electrons. The van der Waals surface area contributed by atoms with Gasteiger partial charge in [0, 0.05) is 45.9 Å². The smallest absolute Gasteiger partial charge is 0.222 e. The minimum absolute atomic E-state index is 0.152. The van der Waals surface area contributed by atoms with E-state index in [0.29, 0.717) is 45.8 Å². The van der Waals surface area contributed by atoms with E-state index in [-0.39, 0.29) is 12.4 Å². The molecule has 9 nitrogen and oxygen atoms in total. The molecule has 33 heavy (non-hydrogen) atoms. The summed E-state index contributed by atoms with van der Waals surface area (Å²) in [6, 6.07) is 0. The van der Waals surface area contributed by atoms with Gasteiger partial charge in [0.25, 0.3) is 0 Å². The van der Waals surface area contributed by atoms with E-state index in [1.807, 2.05) is 0 Å². The van der Waals surface area contributed by atoms with Crippen LogP contribution in [0.25, 0.3) is 0 Å². The van der Waals surface area contributed by atoms with Crippen LogP contribution in [-0.4, -0.2) is 81.7 Å². The minimum atomic E-state index is -3.57. The van der Waals surface area contributed by atoms with Crippen molar-refractivity contribution in [2.24, 2.45) is 0 Å². The van der Waals surface area contributed by atoms with Crippen LogP contribution in [-0.2, 0) is 33.8 Å². The van der Waals surface area contributed by atoms with Crippen LogP contribution < -0.4 is 5.48 Å². The number of unbranched alkanes of at least 4 members (excludes halogenated alkanes) is 3. The van der Waals surface area contributed by atoms with Crippen molar-refractivity contribution >= 4 is 10.0 Å². The van der Waals surface area contributed by atoms with E-state index in [1.165, 1.54) is 19.3 Å². The molecule has 0 saturated carbocycles. The lowest BCUT2D eigenvalue weighted by Gasteiger charge is -2.41. The van der Waals surface area contributed by atoms with Crippen molar-refractivity contribution < 1.29 is 32.2 Å². The van der Waals surface area contributed by atoms with Crippen LogP contribution >= 0.6 is 0 Å². The van der Waals surface area contributed by atoms with Crippen molar-refractivity contribution in [2.75, 3.05) is 39.5 Å². The second-order valence-electron chi connectivity index (χ2n) is 9.72. The van der Waals surface area contributed by atoms with Crippen molar-refractivity contribution in [2.45, 2.75) is 107 Å². The van der Waals surface area contributed by atoms with E-state index < -0.39 is 27.1 Å². The molecule has 1 N–H and O–H groups in total. The molecular formula is C23H42N2O7S. The highest BCUT2D eigenvalue weighted by atomic mass is 32.2. The molecule has 4 saturated heterocycles. The number of nitrogens with zero attached hydrogens (tertiary/aromatic N) is 1. The van der Waals surface area contributed by atoms with Gasteiger partial charge in [-0.2, -0.15) is 5.48 Å². The number of piperidine rings is 1. The van der Waals surface area contributed by atoms with Crippen LogP contribution in [0.4, 0.5) is 0 Å². The van der Waals surface area contributed by atoms with Crippen molar-refractivity contribution in [1.82, 2.24) is 9.79 Å². The van der Waals surface area contributed by atoms with Gasteiger partial charge in [0.15, 0.2) is 12.5 Å². The van der Waals surface area contributed by atoms with Crippen LogP contribution in [0, 0.1) is 0 Å². The Morgan fingerprint density at radius 2 is 1.82 bits per heavy atom. The molecule has 4 aliphatic heterocycles. The van der Waals surface area contributed by atoms with Crippen LogP contribution in [0.5, 0.6) is 0 Å². The molecule has 0 spiro atoms. The van der Waals surface area contributed by atoms with E-state index in [1.54, 1.807) is 4.31 Å². The number of hydrogen-bond donors (Lipinski definition) is 1. The average Bonchev–Trinajstić information content (AvgIpc) is 3.64. The Morgan fingerprint density at radius 3 is 2.52 bits per heavy atom. The van der Waals surface area contributed by atoms with Gasteiger partial charge in [-0.05, 0) is 44.9 Å². The van der Waals surface area contributed by atoms with Gasteiger partial charge in [-0.1, -0.05) is 26.2 Å². The standard InChI is InChI=1S/C23H42N2O7S/c1-2-3-4-6-15-29-19-9-13-25(14-10-19)33(26,27)23(11-17-28-18-12-23)21-22(31-21)24-32-20-8-5-7-16-30-20/h19-22,24H,2-18H2,1H3. The molecule has 4 rings (SSSR count). The lowest BCUT2D eigenvalue weighted by Crippen LogP contribution is -2.57. The first kappa shape index (κ1) is 25.8. The van der Waals surface area contributed by atoms with E-state index in [0.717, 1.165) is 45.1 Å². The lowest BCUT2D eigenvalue weighted by atomic mass is 9.95. The summed E-state index contributed by atoms with van der Waals surface area (Å²) in [5, 5.41) is 0. The summed E-state index contributed by atoms with van der Waals surface area (Å²) in [5.41, 5.74) is 2.93. The molecule has 192 valence electrons. The Balaban J connectivity index is 1.30. The molecular weight excluding hydrogens is 448 g/mol. The fourth-order valence-corrected chi connectivity index (χ4v) is 7.59. The summed E-state index contributed by atoms with van der Waals surface area (Å²) < 4.78 is 51.5. The van der Waals surface area contributed by atoms with Crippen LogP contribution in [0.15, 0.2) is 0 Å². The Labute approximate surface area is 198 Å². The Bertz CT molecular complexity index is 687. The summed E-state index contributed by atoms with van der Waals surface area (Å²) in [7, 11) is -3.57. The van der Waals surface area contributed by atoms with Crippen molar-refractivity contribution in [1.29, 1.82) is 0 Å². The van der Waals surface area contributed by atoms with Gasteiger partial charge in [0.1, 0.15) is 10.9 Å². The van der Waals surface area contributed by atoms with Gasteiger partial charge in [0.05, 0.1) is 6.10 Å². The molecule has 4 heterocycles. The summed E-state index contributed by atoms with van der Waals surface area (Å²) in [6.45, 7) is 5.52. The predicted molar refractivity (Wildman–Crippen MR) is 123 cm³/mol. The third-order valence-electron chi connectivity index (χ3n) is 7.41. The van der Waals surface area contributed by atoms with Gasteiger partial charge in [0.2, 0.25) is 10.0 Å². The molecule has 3 atom stereocenters. The van der Waals surface area contributed by atoms with E-state index in [9.17, 15) is 8.42 Å². The number of rotatable bonds is 12. The maximum absolute atomic E-state index is 13.9. The topological polar surface area (TPSA) is 98.9 Å². The third-order valence-corrected chi connectivity index (χ3v) is 10.1. The third kappa shape index (κ3) is 6.27. The first-order valence-electron chi connectivity index (χ1n) is 12.9. The van der Waals surface area contributed by atoms with Crippen LogP contribution in [0.3, 0.4) is 0 Å². The summed E-state index contributed by atoms with van der Waals surface area (Å²) >= 11 is 0. The maximum Gasteiger partial charge on any atom is 0.222 e. The fraction of sp³-hybridized carbons (Fsp3) is 1.00. The highest BCUT2D eigenvalue weighted by Gasteiger charge is 2.64. The first-order chi connectivity index (χ1) is 16.1. The number of sulfonamides is 1. The zero-order valence-electron chi connectivity index (χ0n) is 20.0. The van der Waals surface area contributed by atoms with E-state index >= 15 is 0 Å². The van der Waals surface area contributed by atoms with Gasteiger partial charge < -0.3 is 18.9 Å². The number of hydrogen-bond acceptors (Lipinski definition) is 8.